The topological polar surface area (TPSA) is 51.0 Å². The Morgan fingerprint density at radius 3 is 2.77 bits per heavy atom. The number of hydrogen-bond donors (Lipinski definition) is 0. The minimum atomic E-state index is -0.0839. The quantitative estimate of drug-likeness (QED) is 0.816. The number of hydrogen-bond acceptors (Lipinski definition) is 3. The molecule has 0 saturated heterocycles. The smallest absolute Gasteiger partial charge is 0.276 e. The van der Waals surface area contributed by atoms with Crippen molar-refractivity contribution >= 4 is 21.8 Å². The lowest BCUT2D eigenvalue weighted by atomic mass is 10.1. The highest BCUT2D eigenvalue weighted by Crippen LogP contribution is 2.18. The highest BCUT2D eigenvalue weighted by molar-refractivity contribution is 9.10. The van der Waals surface area contributed by atoms with E-state index in [0.29, 0.717) is 11.6 Å². The van der Waals surface area contributed by atoms with E-state index in [1.165, 1.54) is 0 Å². The predicted octanol–water partition coefficient (Wildman–Crippen LogP) is 3.46. The number of aromatic nitrogens is 3. The average Bonchev–Trinajstić information content (AvgIpc) is 2.85. The summed E-state index contributed by atoms with van der Waals surface area (Å²) >= 11 is 3.44. The van der Waals surface area contributed by atoms with Gasteiger partial charge in [-0.05, 0) is 37.5 Å². The van der Waals surface area contributed by atoms with Gasteiger partial charge in [0.05, 0.1) is 11.4 Å². The molecule has 0 N–H and O–H groups in total. The minimum absolute atomic E-state index is 0.0839. The zero-order chi connectivity index (χ0) is 16.3. The maximum Gasteiger partial charge on any atom is 0.276 e. The molecule has 0 spiro atoms. The van der Waals surface area contributed by atoms with Crippen LogP contribution in [-0.4, -0.2) is 39.4 Å². The summed E-state index contributed by atoms with van der Waals surface area (Å²) in [4.78, 5) is 14.2. The summed E-state index contributed by atoms with van der Waals surface area (Å²) in [6.07, 6.45) is 0.973. The molecule has 0 aliphatic heterocycles. The summed E-state index contributed by atoms with van der Waals surface area (Å²) in [5.74, 6) is 0.480. The summed E-state index contributed by atoms with van der Waals surface area (Å²) in [6, 6.07) is 7.75. The normalized spacial score (nSPS) is 11.0. The molecule has 6 heteroatoms. The monoisotopic (exact) mass is 364 g/mol. The van der Waals surface area contributed by atoms with Crippen LogP contribution in [-0.2, 0) is 0 Å². The molecule has 0 atom stereocenters. The molecule has 0 saturated carbocycles. The third-order valence-electron chi connectivity index (χ3n) is 3.54. The van der Waals surface area contributed by atoms with Crippen LogP contribution in [0.15, 0.2) is 28.7 Å². The van der Waals surface area contributed by atoms with E-state index in [2.05, 4.69) is 40.1 Å². The molecule has 0 unspecified atom stereocenters. The Morgan fingerprint density at radius 1 is 1.41 bits per heavy atom. The van der Waals surface area contributed by atoms with Gasteiger partial charge in [-0.2, -0.15) is 0 Å². The standard InChI is InChI=1S/C16H21BrN4O/c1-11(2)8-9-20(4)16(22)15-12(3)21(19-18-15)14-7-5-6-13(17)10-14/h5-7,10-11H,8-9H2,1-4H3. The van der Waals surface area contributed by atoms with E-state index in [0.717, 1.165) is 28.8 Å². The van der Waals surface area contributed by atoms with Crippen molar-refractivity contribution in [1.82, 2.24) is 19.9 Å². The van der Waals surface area contributed by atoms with E-state index in [1.54, 1.807) is 9.58 Å². The van der Waals surface area contributed by atoms with E-state index >= 15 is 0 Å². The SMILES string of the molecule is Cc1c(C(=O)N(C)CCC(C)C)nnn1-c1cccc(Br)c1. The van der Waals surface area contributed by atoms with Crippen LogP contribution >= 0.6 is 15.9 Å². The Balaban J connectivity index is 2.22. The van der Waals surface area contributed by atoms with Gasteiger partial charge in [-0.1, -0.05) is 41.1 Å². The summed E-state index contributed by atoms with van der Waals surface area (Å²) in [5.41, 5.74) is 2.04. The second-order valence-corrected chi connectivity index (χ2v) is 6.74. The lowest BCUT2D eigenvalue weighted by molar-refractivity contribution is 0.0782. The molecule has 5 nitrogen and oxygen atoms in total. The number of rotatable bonds is 5. The Hall–Kier alpha value is -1.69. The molecule has 118 valence electrons. The molecule has 1 heterocycles. The maximum absolute atomic E-state index is 12.5. The molecule has 2 aromatic rings. The Labute approximate surface area is 139 Å². The molecular weight excluding hydrogens is 344 g/mol. The van der Waals surface area contributed by atoms with E-state index in [9.17, 15) is 4.79 Å². The van der Waals surface area contributed by atoms with Gasteiger partial charge in [0.15, 0.2) is 5.69 Å². The van der Waals surface area contributed by atoms with Gasteiger partial charge in [0.1, 0.15) is 0 Å². The number of amides is 1. The molecule has 1 aromatic heterocycles. The summed E-state index contributed by atoms with van der Waals surface area (Å²) < 4.78 is 2.65. The summed E-state index contributed by atoms with van der Waals surface area (Å²) in [5, 5.41) is 8.20. The molecule has 2 rings (SSSR count). The van der Waals surface area contributed by atoms with E-state index in [-0.39, 0.29) is 5.91 Å². The average molecular weight is 365 g/mol. The summed E-state index contributed by atoms with van der Waals surface area (Å²) in [7, 11) is 1.81. The van der Waals surface area contributed by atoms with Gasteiger partial charge < -0.3 is 4.90 Å². The van der Waals surface area contributed by atoms with Gasteiger partial charge in [-0.25, -0.2) is 4.68 Å². The maximum atomic E-state index is 12.5. The van der Waals surface area contributed by atoms with Gasteiger partial charge in [-0.15, -0.1) is 5.10 Å². The molecule has 0 radical (unpaired) electrons. The van der Waals surface area contributed by atoms with Crippen LogP contribution in [0, 0.1) is 12.8 Å². The Kier molecular flexibility index (Phi) is 5.34. The molecule has 22 heavy (non-hydrogen) atoms. The molecule has 1 amide bonds. The van der Waals surface area contributed by atoms with Gasteiger partial charge in [0.25, 0.3) is 5.91 Å². The second kappa shape index (κ2) is 7.05. The van der Waals surface area contributed by atoms with E-state index < -0.39 is 0 Å². The summed E-state index contributed by atoms with van der Waals surface area (Å²) in [6.45, 7) is 6.88. The largest absolute Gasteiger partial charge is 0.340 e. The van der Waals surface area contributed by atoms with Crippen molar-refractivity contribution in [3.63, 3.8) is 0 Å². The van der Waals surface area contributed by atoms with Crippen LogP contribution in [0.3, 0.4) is 0 Å². The number of halogens is 1. The van der Waals surface area contributed by atoms with Crippen LogP contribution in [0.4, 0.5) is 0 Å². The second-order valence-electron chi connectivity index (χ2n) is 5.82. The first-order valence-electron chi connectivity index (χ1n) is 7.34. The first-order valence-corrected chi connectivity index (χ1v) is 8.13. The highest BCUT2D eigenvalue weighted by atomic mass is 79.9. The van der Waals surface area contributed by atoms with Crippen molar-refractivity contribution in [3.8, 4) is 5.69 Å². The predicted molar refractivity (Wildman–Crippen MR) is 90.2 cm³/mol. The zero-order valence-corrected chi connectivity index (χ0v) is 15.0. The molecule has 0 fully saturated rings. The molecule has 0 bridgehead atoms. The van der Waals surface area contributed by atoms with Crippen molar-refractivity contribution in [2.45, 2.75) is 27.2 Å². The lowest BCUT2D eigenvalue weighted by Gasteiger charge is -2.17. The minimum Gasteiger partial charge on any atom is -0.340 e. The first-order chi connectivity index (χ1) is 10.4. The van der Waals surface area contributed by atoms with Crippen molar-refractivity contribution in [2.75, 3.05) is 13.6 Å². The number of carbonyl (C=O) groups is 1. The molecule has 1 aromatic carbocycles. The van der Waals surface area contributed by atoms with Crippen molar-refractivity contribution in [1.29, 1.82) is 0 Å². The lowest BCUT2D eigenvalue weighted by Crippen LogP contribution is -2.29. The number of nitrogens with zero attached hydrogens (tertiary/aromatic N) is 4. The Morgan fingerprint density at radius 2 is 2.14 bits per heavy atom. The fraction of sp³-hybridized carbons (Fsp3) is 0.438. The fourth-order valence-corrected chi connectivity index (χ4v) is 2.50. The van der Waals surface area contributed by atoms with E-state index in [4.69, 9.17) is 0 Å². The van der Waals surface area contributed by atoms with Crippen LogP contribution in [0.1, 0.15) is 36.5 Å². The van der Waals surface area contributed by atoms with Crippen molar-refractivity contribution in [2.24, 2.45) is 5.92 Å². The first kappa shape index (κ1) is 16.7. The third-order valence-corrected chi connectivity index (χ3v) is 4.03. The van der Waals surface area contributed by atoms with E-state index in [1.807, 2.05) is 38.2 Å². The van der Waals surface area contributed by atoms with Crippen LogP contribution in [0.5, 0.6) is 0 Å². The van der Waals surface area contributed by atoms with Crippen molar-refractivity contribution < 1.29 is 4.79 Å². The van der Waals surface area contributed by atoms with Gasteiger partial charge >= 0.3 is 0 Å². The van der Waals surface area contributed by atoms with Crippen LogP contribution in [0.2, 0.25) is 0 Å². The van der Waals surface area contributed by atoms with Crippen molar-refractivity contribution in [3.05, 3.63) is 40.1 Å². The van der Waals surface area contributed by atoms with Gasteiger partial charge in [0, 0.05) is 18.1 Å². The zero-order valence-electron chi connectivity index (χ0n) is 13.4. The van der Waals surface area contributed by atoms with Crippen LogP contribution in [0.25, 0.3) is 5.69 Å². The highest BCUT2D eigenvalue weighted by Gasteiger charge is 2.20. The molecular formula is C16H21BrN4O. The number of benzene rings is 1. The molecule has 0 aliphatic carbocycles. The third kappa shape index (κ3) is 3.74. The van der Waals surface area contributed by atoms with Crippen LogP contribution < -0.4 is 0 Å². The molecule has 0 aliphatic rings. The van der Waals surface area contributed by atoms with Gasteiger partial charge in [0.2, 0.25) is 0 Å². The Bertz CT molecular complexity index is 666. The fourth-order valence-electron chi connectivity index (χ4n) is 2.11. The van der Waals surface area contributed by atoms with Gasteiger partial charge in [-0.3, -0.25) is 4.79 Å². The number of carbonyl (C=O) groups excluding carboxylic acids is 1.